The van der Waals surface area contributed by atoms with Crippen molar-refractivity contribution in [1.82, 2.24) is 4.90 Å². The number of rotatable bonds is 7. The molecule has 98 valence electrons. The van der Waals surface area contributed by atoms with Gasteiger partial charge in [-0.2, -0.15) is 0 Å². The molecule has 0 bridgehead atoms. The number of amides is 1. The Morgan fingerprint density at radius 2 is 2.12 bits per heavy atom. The zero-order valence-corrected chi connectivity index (χ0v) is 11.0. The molecule has 7 heteroatoms. The molecule has 0 radical (unpaired) electrons. The van der Waals surface area contributed by atoms with Crippen LogP contribution in [-0.4, -0.2) is 61.6 Å². The van der Waals surface area contributed by atoms with Crippen molar-refractivity contribution in [1.29, 1.82) is 0 Å². The highest BCUT2D eigenvalue weighted by atomic mass is 32.2. The summed E-state index contributed by atoms with van der Waals surface area (Å²) < 4.78 is 15.0. The van der Waals surface area contributed by atoms with Crippen molar-refractivity contribution in [2.45, 2.75) is 19.1 Å². The molecule has 1 amide bonds. The first-order valence-corrected chi connectivity index (χ1v) is 6.13. The Morgan fingerprint density at radius 1 is 1.41 bits per heavy atom. The molecule has 2 atom stereocenters. The maximum absolute atomic E-state index is 11.7. The van der Waals surface area contributed by atoms with Crippen LogP contribution in [0.2, 0.25) is 0 Å². The van der Waals surface area contributed by atoms with Gasteiger partial charge in [-0.3, -0.25) is 9.59 Å². The average molecular weight is 263 g/mol. The van der Waals surface area contributed by atoms with Gasteiger partial charge in [0.1, 0.15) is 13.5 Å². The third-order valence-corrected chi connectivity index (χ3v) is 3.28. The summed E-state index contributed by atoms with van der Waals surface area (Å²) in [7, 11) is 3.02. The molecular formula is C10H17NO5S. The topological polar surface area (TPSA) is 65.1 Å². The summed E-state index contributed by atoms with van der Waals surface area (Å²) >= 11 is 1.17. The lowest BCUT2D eigenvalue weighted by molar-refractivity contribution is -0.193. The summed E-state index contributed by atoms with van der Waals surface area (Å²) in [5.74, 6) is 0.386. The van der Waals surface area contributed by atoms with Crippen LogP contribution in [0, 0.1) is 0 Å². The lowest BCUT2D eigenvalue weighted by atomic mass is 10.0. The molecule has 0 aromatic rings. The highest BCUT2D eigenvalue weighted by Crippen LogP contribution is 2.26. The quantitative estimate of drug-likeness (QED) is 0.478. The number of carbonyl (C=O) groups excluding carboxylic acids is 2. The molecule has 1 heterocycles. The molecule has 0 unspecified atom stereocenters. The van der Waals surface area contributed by atoms with E-state index in [1.165, 1.54) is 32.9 Å². The van der Waals surface area contributed by atoms with Gasteiger partial charge in [0.15, 0.2) is 11.2 Å². The van der Waals surface area contributed by atoms with Crippen LogP contribution < -0.4 is 0 Å². The fourth-order valence-electron chi connectivity index (χ4n) is 1.58. The Morgan fingerprint density at radius 3 is 2.65 bits per heavy atom. The smallest absolute Gasteiger partial charge is 0.256 e. The van der Waals surface area contributed by atoms with Crippen LogP contribution in [0.5, 0.6) is 0 Å². The Hall–Kier alpha value is -0.630. The van der Waals surface area contributed by atoms with Gasteiger partial charge in [-0.15, -0.1) is 0 Å². The van der Waals surface area contributed by atoms with Crippen LogP contribution in [0.25, 0.3) is 0 Å². The summed E-state index contributed by atoms with van der Waals surface area (Å²) in [4.78, 5) is 24.2. The maximum atomic E-state index is 11.7. The monoisotopic (exact) mass is 263 g/mol. The van der Waals surface area contributed by atoms with E-state index < -0.39 is 6.10 Å². The maximum Gasteiger partial charge on any atom is 0.256 e. The Kier molecular flexibility index (Phi) is 5.90. The molecule has 1 rings (SSSR count). The molecule has 0 aromatic heterocycles. The summed E-state index contributed by atoms with van der Waals surface area (Å²) in [6.45, 7) is 1.78. The normalized spacial score (nSPS) is 23.7. The van der Waals surface area contributed by atoms with Crippen LogP contribution in [0.1, 0.15) is 6.92 Å². The van der Waals surface area contributed by atoms with Gasteiger partial charge in [0.05, 0.1) is 6.04 Å². The first kappa shape index (κ1) is 14.4. The van der Waals surface area contributed by atoms with Crippen molar-refractivity contribution >= 4 is 22.8 Å². The minimum absolute atomic E-state index is 0.0206. The van der Waals surface area contributed by atoms with Crippen LogP contribution in [0.4, 0.5) is 0 Å². The summed E-state index contributed by atoms with van der Waals surface area (Å²) in [5.41, 5.74) is 0. The molecule has 0 saturated carbocycles. The number of hydrogen-bond donors (Lipinski definition) is 0. The molecule has 1 saturated heterocycles. The van der Waals surface area contributed by atoms with Crippen molar-refractivity contribution in [2.24, 2.45) is 0 Å². The lowest BCUT2D eigenvalue weighted by Gasteiger charge is -2.45. The highest BCUT2D eigenvalue weighted by Gasteiger charge is 2.48. The van der Waals surface area contributed by atoms with Crippen molar-refractivity contribution in [3.05, 3.63) is 0 Å². The summed E-state index contributed by atoms with van der Waals surface area (Å²) in [6.07, 6.45) is -0.531. The molecule has 1 aliphatic heterocycles. The van der Waals surface area contributed by atoms with Gasteiger partial charge in [0.25, 0.3) is 5.91 Å². The summed E-state index contributed by atoms with van der Waals surface area (Å²) in [6, 6.07) is -0.133. The van der Waals surface area contributed by atoms with E-state index in [1.54, 1.807) is 4.90 Å². The molecule has 6 nitrogen and oxygen atoms in total. The number of likely N-dealkylation sites (tertiary alicyclic amines) is 1. The van der Waals surface area contributed by atoms with Gasteiger partial charge in [-0.25, -0.2) is 0 Å². The van der Waals surface area contributed by atoms with E-state index in [0.717, 1.165) is 0 Å². The van der Waals surface area contributed by atoms with E-state index in [4.69, 9.17) is 14.2 Å². The van der Waals surface area contributed by atoms with E-state index in [1.807, 2.05) is 0 Å². The van der Waals surface area contributed by atoms with E-state index in [-0.39, 0.29) is 30.6 Å². The SMILES string of the molecule is COCO[C@H]1C(=O)N(COC)[C@H]1CSC(C)=O. The van der Waals surface area contributed by atoms with Crippen LogP contribution in [0.3, 0.4) is 0 Å². The third-order valence-electron chi connectivity index (χ3n) is 2.37. The molecule has 0 N–H and O–H groups in total. The number of β-lactam (4-membered cyclic amide) rings is 1. The number of carbonyl (C=O) groups is 2. The fourth-order valence-corrected chi connectivity index (χ4v) is 2.34. The van der Waals surface area contributed by atoms with E-state index >= 15 is 0 Å². The fraction of sp³-hybridized carbons (Fsp3) is 0.800. The predicted molar refractivity (Wildman–Crippen MR) is 62.4 cm³/mol. The molecule has 0 aromatic carbocycles. The number of nitrogens with zero attached hydrogens (tertiary/aromatic N) is 1. The molecule has 0 spiro atoms. The van der Waals surface area contributed by atoms with Crippen molar-refractivity contribution in [3.8, 4) is 0 Å². The van der Waals surface area contributed by atoms with Crippen molar-refractivity contribution in [2.75, 3.05) is 33.5 Å². The Balaban J connectivity index is 2.50. The first-order valence-electron chi connectivity index (χ1n) is 5.15. The van der Waals surface area contributed by atoms with Gasteiger partial charge in [0, 0.05) is 26.9 Å². The van der Waals surface area contributed by atoms with Crippen LogP contribution in [-0.2, 0) is 23.8 Å². The Labute approximate surface area is 105 Å². The van der Waals surface area contributed by atoms with Crippen molar-refractivity contribution < 1.29 is 23.8 Å². The van der Waals surface area contributed by atoms with Gasteiger partial charge in [-0.1, -0.05) is 11.8 Å². The first-order chi connectivity index (χ1) is 8.11. The summed E-state index contributed by atoms with van der Waals surface area (Å²) in [5, 5.41) is 0.0206. The second-order valence-corrected chi connectivity index (χ2v) is 4.79. The van der Waals surface area contributed by atoms with Gasteiger partial charge >= 0.3 is 0 Å². The molecule has 1 fully saturated rings. The van der Waals surface area contributed by atoms with E-state index in [0.29, 0.717) is 5.75 Å². The molecular weight excluding hydrogens is 246 g/mol. The van der Waals surface area contributed by atoms with E-state index in [9.17, 15) is 9.59 Å². The highest BCUT2D eigenvalue weighted by molar-refractivity contribution is 8.13. The zero-order valence-electron chi connectivity index (χ0n) is 10.2. The minimum atomic E-state index is -0.531. The van der Waals surface area contributed by atoms with Crippen LogP contribution >= 0.6 is 11.8 Å². The standard InChI is InChI=1S/C10H17NO5S/c1-7(12)17-4-8-9(16-6-15-3)10(13)11(8)5-14-2/h8-9H,4-6H2,1-3H3/t8-,9+/m0/s1. The van der Waals surface area contributed by atoms with Gasteiger partial charge in [-0.05, 0) is 0 Å². The zero-order chi connectivity index (χ0) is 12.8. The Bertz CT molecular complexity index is 286. The van der Waals surface area contributed by atoms with Crippen molar-refractivity contribution in [3.63, 3.8) is 0 Å². The minimum Gasteiger partial charge on any atom is -0.364 e. The second kappa shape index (κ2) is 6.95. The van der Waals surface area contributed by atoms with Gasteiger partial charge in [0.2, 0.25) is 0 Å². The van der Waals surface area contributed by atoms with Crippen LogP contribution in [0.15, 0.2) is 0 Å². The van der Waals surface area contributed by atoms with Gasteiger partial charge < -0.3 is 19.1 Å². The number of ether oxygens (including phenoxy) is 3. The molecule has 0 aliphatic carbocycles. The second-order valence-electron chi connectivity index (χ2n) is 3.59. The third kappa shape index (κ3) is 3.67. The average Bonchev–Trinajstić information content (AvgIpc) is 2.30. The lowest BCUT2D eigenvalue weighted by Crippen LogP contribution is -2.67. The van der Waals surface area contributed by atoms with E-state index in [2.05, 4.69) is 0 Å². The largest absolute Gasteiger partial charge is 0.364 e. The number of methoxy groups -OCH3 is 2. The molecule has 1 aliphatic rings. The predicted octanol–water partition coefficient (Wildman–Crippen LogP) is 0.0699. The number of thioether (sulfide) groups is 1. The number of hydrogen-bond acceptors (Lipinski definition) is 6. The molecule has 17 heavy (non-hydrogen) atoms.